The Balaban J connectivity index is 0.00000121. The van der Waals surface area contributed by atoms with Gasteiger partial charge in [-0.15, -0.1) is 36.2 Å². The van der Waals surface area contributed by atoms with Gasteiger partial charge < -0.3 is 10.6 Å². The summed E-state index contributed by atoms with van der Waals surface area (Å²) in [6.07, 6.45) is 5.50. The van der Waals surface area contributed by atoms with Gasteiger partial charge in [0.05, 0.1) is 18.3 Å². The van der Waals surface area contributed by atoms with Crippen LogP contribution in [-0.2, 0) is 11.3 Å². The summed E-state index contributed by atoms with van der Waals surface area (Å²) in [7, 11) is 0. The van der Waals surface area contributed by atoms with Gasteiger partial charge in [0.25, 0.3) is 0 Å². The molecular formula is C14H18Cl2N4OS. The Morgan fingerprint density at radius 2 is 2.14 bits per heavy atom. The summed E-state index contributed by atoms with van der Waals surface area (Å²) in [4.78, 5) is 20.4. The van der Waals surface area contributed by atoms with Crippen molar-refractivity contribution in [3.8, 4) is 11.3 Å². The lowest BCUT2D eigenvalue weighted by Crippen LogP contribution is -2.39. The predicted molar refractivity (Wildman–Crippen MR) is 92.7 cm³/mol. The maximum absolute atomic E-state index is 11.9. The fourth-order valence-corrected chi connectivity index (χ4v) is 2.98. The first-order valence-corrected chi connectivity index (χ1v) is 7.57. The van der Waals surface area contributed by atoms with Crippen molar-refractivity contribution in [1.82, 2.24) is 20.6 Å². The number of nitrogens with one attached hydrogen (secondary N) is 2. The Bertz CT molecular complexity index is 588. The van der Waals surface area contributed by atoms with Crippen LogP contribution in [0.2, 0.25) is 0 Å². The zero-order valence-corrected chi connectivity index (χ0v) is 14.3. The van der Waals surface area contributed by atoms with E-state index < -0.39 is 0 Å². The van der Waals surface area contributed by atoms with E-state index in [0.29, 0.717) is 6.54 Å². The smallest absolute Gasteiger partial charge is 0.237 e. The molecule has 3 rings (SSSR count). The van der Waals surface area contributed by atoms with Crippen LogP contribution in [0.3, 0.4) is 0 Å². The number of rotatable bonds is 4. The summed E-state index contributed by atoms with van der Waals surface area (Å²) in [6, 6.07) is 3.83. The number of amides is 1. The topological polar surface area (TPSA) is 66.9 Å². The molecule has 2 aromatic rings. The van der Waals surface area contributed by atoms with E-state index in [1.165, 1.54) is 0 Å². The third-order valence-corrected chi connectivity index (χ3v) is 4.17. The van der Waals surface area contributed by atoms with Crippen molar-refractivity contribution >= 4 is 42.1 Å². The second-order valence-electron chi connectivity index (χ2n) is 4.73. The molecule has 22 heavy (non-hydrogen) atoms. The number of nitrogens with zero attached hydrogens (tertiary/aromatic N) is 2. The molecule has 2 N–H and O–H groups in total. The lowest BCUT2D eigenvalue weighted by molar-refractivity contribution is -0.122. The zero-order valence-electron chi connectivity index (χ0n) is 11.8. The van der Waals surface area contributed by atoms with Crippen molar-refractivity contribution in [2.45, 2.75) is 25.4 Å². The SMILES string of the molecule is Cl.Cl.O=C(NCc1nc(-c2ccncc2)cs1)C1CCCN1. The van der Waals surface area contributed by atoms with E-state index >= 15 is 0 Å². The molecule has 1 atom stereocenters. The van der Waals surface area contributed by atoms with Crippen molar-refractivity contribution in [2.24, 2.45) is 0 Å². The Kier molecular flexibility index (Phi) is 7.75. The number of hydrogen-bond donors (Lipinski definition) is 2. The minimum absolute atomic E-state index is 0. The lowest BCUT2D eigenvalue weighted by atomic mass is 10.2. The molecule has 0 radical (unpaired) electrons. The van der Waals surface area contributed by atoms with Gasteiger partial charge in [0.2, 0.25) is 5.91 Å². The monoisotopic (exact) mass is 360 g/mol. The zero-order chi connectivity index (χ0) is 13.8. The van der Waals surface area contributed by atoms with Gasteiger partial charge in [-0.2, -0.15) is 0 Å². The van der Waals surface area contributed by atoms with Gasteiger partial charge >= 0.3 is 0 Å². The normalized spacial score (nSPS) is 16.5. The third kappa shape index (κ3) is 4.64. The van der Waals surface area contributed by atoms with E-state index in [1.54, 1.807) is 23.7 Å². The van der Waals surface area contributed by atoms with Crippen LogP contribution in [-0.4, -0.2) is 28.5 Å². The molecule has 1 amide bonds. The highest BCUT2D eigenvalue weighted by molar-refractivity contribution is 7.09. The highest BCUT2D eigenvalue weighted by Gasteiger charge is 2.21. The molecule has 5 nitrogen and oxygen atoms in total. The van der Waals surface area contributed by atoms with Crippen molar-refractivity contribution in [3.63, 3.8) is 0 Å². The van der Waals surface area contributed by atoms with Crippen LogP contribution in [0.5, 0.6) is 0 Å². The van der Waals surface area contributed by atoms with Crippen LogP contribution in [0.25, 0.3) is 11.3 Å². The Labute approximate surface area is 145 Å². The van der Waals surface area contributed by atoms with Crippen LogP contribution < -0.4 is 10.6 Å². The van der Waals surface area contributed by atoms with Crippen molar-refractivity contribution in [2.75, 3.05) is 6.54 Å². The van der Waals surface area contributed by atoms with Crippen molar-refractivity contribution in [1.29, 1.82) is 0 Å². The minimum Gasteiger partial charge on any atom is -0.348 e. The van der Waals surface area contributed by atoms with Crippen LogP contribution in [0.1, 0.15) is 17.8 Å². The molecular weight excluding hydrogens is 343 g/mol. The molecule has 8 heteroatoms. The van der Waals surface area contributed by atoms with E-state index in [-0.39, 0.29) is 36.8 Å². The summed E-state index contributed by atoms with van der Waals surface area (Å²) in [5, 5.41) is 9.05. The number of thiazole rings is 1. The number of halogens is 2. The standard InChI is InChI=1S/C14H16N4OS.2ClH/c19-14(11-2-1-5-16-11)17-8-13-18-12(9-20-13)10-3-6-15-7-4-10;;/h3-4,6-7,9,11,16H,1-2,5,8H2,(H,17,19);2*1H. The largest absolute Gasteiger partial charge is 0.348 e. The molecule has 3 heterocycles. The average Bonchev–Trinajstić information content (AvgIpc) is 3.17. The van der Waals surface area contributed by atoms with Gasteiger partial charge in [0.15, 0.2) is 0 Å². The maximum atomic E-state index is 11.9. The summed E-state index contributed by atoms with van der Waals surface area (Å²) in [5.41, 5.74) is 1.98. The Hall–Kier alpha value is -1.21. The van der Waals surface area contributed by atoms with Crippen LogP contribution >= 0.6 is 36.2 Å². The molecule has 1 fully saturated rings. The van der Waals surface area contributed by atoms with E-state index in [9.17, 15) is 4.79 Å². The fourth-order valence-electron chi connectivity index (χ4n) is 2.24. The highest BCUT2D eigenvalue weighted by atomic mass is 35.5. The minimum atomic E-state index is -0.0327. The predicted octanol–water partition coefficient (Wildman–Crippen LogP) is 2.42. The molecule has 0 saturated carbocycles. The Morgan fingerprint density at radius 1 is 1.36 bits per heavy atom. The molecule has 1 unspecified atom stereocenters. The lowest BCUT2D eigenvalue weighted by Gasteiger charge is -2.09. The molecule has 0 aromatic carbocycles. The summed E-state index contributed by atoms with van der Waals surface area (Å²) < 4.78 is 0. The van der Waals surface area contributed by atoms with Crippen LogP contribution in [0, 0.1) is 0 Å². The summed E-state index contributed by atoms with van der Waals surface area (Å²) >= 11 is 1.56. The molecule has 0 spiro atoms. The van der Waals surface area contributed by atoms with Crippen molar-refractivity contribution in [3.05, 3.63) is 34.9 Å². The average molecular weight is 361 g/mol. The second-order valence-corrected chi connectivity index (χ2v) is 5.67. The quantitative estimate of drug-likeness (QED) is 0.878. The van der Waals surface area contributed by atoms with E-state index in [2.05, 4.69) is 20.6 Å². The Morgan fingerprint density at radius 3 is 2.82 bits per heavy atom. The first kappa shape index (κ1) is 18.8. The van der Waals surface area contributed by atoms with Crippen LogP contribution in [0.4, 0.5) is 0 Å². The van der Waals surface area contributed by atoms with Gasteiger partial charge in [-0.3, -0.25) is 9.78 Å². The molecule has 1 aliphatic rings. The highest BCUT2D eigenvalue weighted by Crippen LogP contribution is 2.20. The molecule has 2 aromatic heterocycles. The van der Waals surface area contributed by atoms with Gasteiger partial charge in [-0.05, 0) is 31.5 Å². The molecule has 0 aliphatic carbocycles. The second kappa shape index (κ2) is 9.05. The third-order valence-electron chi connectivity index (χ3n) is 3.32. The maximum Gasteiger partial charge on any atom is 0.237 e. The number of carbonyl (C=O) groups excluding carboxylic acids is 1. The van der Waals surface area contributed by atoms with Gasteiger partial charge in [0.1, 0.15) is 5.01 Å². The number of hydrogen-bond acceptors (Lipinski definition) is 5. The summed E-state index contributed by atoms with van der Waals surface area (Å²) in [6.45, 7) is 1.42. The molecule has 0 bridgehead atoms. The first-order valence-electron chi connectivity index (χ1n) is 6.69. The van der Waals surface area contributed by atoms with Gasteiger partial charge in [-0.25, -0.2) is 4.98 Å². The molecule has 1 aliphatic heterocycles. The van der Waals surface area contributed by atoms with Gasteiger partial charge in [0, 0.05) is 23.3 Å². The summed E-state index contributed by atoms with van der Waals surface area (Å²) in [5.74, 6) is 0.0724. The number of aromatic nitrogens is 2. The molecule has 1 saturated heterocycles. The molecule has 120 valence electrons. The van der Waals surface area contributed by atoms with E-state index in [1.807, 2.05) is 17.5 Å². The fraction of sp³-hybridized carbons (Fsp3) is 0.357. The van der Waals surface area contributed by atoms with Gasteiger partial charge in [-0.1, -0.05) is 0 Å². The number of carbonyl (C=O) groups is 1. The van der Waals surface area contributed by atoms with Crippen molar-refractivity contribution < 1.29 is 4.79 Å². The van der Waals surface area contributed by atoms with Crippen LogP contribution in [0.15, 0.2) is 29.9 Å². The first-order chi connectivity index (χ1) is 9.83. The number of pyridine rings is 1. The van der Waals surface area contributed by atoms with E-state index in [0.717, 1.165) is 35.7 Å². The van der Waals surface area contributed by atoms with E-state index in [4.69, 9.17) is 0 Å².